The highest BCUT2D eigenvalue weighted by atomic mass is 16.5. The van der Waals surface area contributed by atoms with Crippen molar-refractivity contribution < 1.29 is 4.74 Å². The zero-order valence-electron chi connectivity index (χ0n) is 12.9. The molecular weight excluding hydrogens is 264 g/mol. The minimum absolute atomic E-state index is 0.458. The molecule has 0 bridgehead atoms. The van der Waals surface area contributed by atoms with E-state index < -0.39 is 0 Å². The Morgan fingerprint density at radius 3 is 2.86 bits per heavy atom. The number of hydrogen-bond acceptors (Lipinski definition) is 4. The maximum atomic E-state index is 5.74. The van der Waals surface area contributed by atoms with Gasteiger partial charge in [-0.3, -0.25) is 0 Å². The Hall–Kier alpha value is -1.88. The SMILES string of the molecule is CCc1c(CN)nnn1CCCCOc1cccc(C)c1. The monoisotopic (exact) mass is 288 g/mol. The minimum Gasteiger partial charge on any atom is -0.494 e. The number of hydrogen-bond donors (Lipinski definition) is 1. The van der Waals surface area contributed by atoms with Gasteiger partial charge in [-0.2, -0.15) is 0 Å². The van der Waals surface area contributed by atoms with Crippen LogP contribution in [0.4, 0.5) is 0 Å². The molecule has 0 radical (unpaired) electrons. The molecule has 0 aliphatic rings. The van der Waals surface area contributed by atoms with E-state index in [1.165, 1.54) is 5.56 Å². The maximum Gasteiger partial charge on any atom is 0.119 e. The number of rotatable bonds is 8. The molecule has 2 aromatic rings. The van der Waals surface area contributed by atoms with Gasteiger partial charge >= 0.3 is 0 Å². The lowest BCUT2D eigenvalue weighted by atomic mass is 10.2. The largest absolute Gasteiger partial charge is 0.494 e. The van der Waals surface area contributed by atoms with Crippen molar-refractivity contribution in [3.8, 4) is 5.75 Å². The molecule has 1 heterocycles. The van der Waals surface area contributed by atoms with E-state index in [0.29, 0.717) is 6.54 Å². The van der Waals surface area contributed by atoms with E-state index in [1.54, 1.807) is 0 Å². The third-order valence-corrected chi connectivity index (χ3v) is 3.47. The molecule has 1 aromatic carbocycles. The molecule has 0 aliphatic heterocycles. The highest BCUT2D eigenvalue weighted by Gasteiger charge is 2.08. The summed E-state index contributed by atoms with van der Waals surface area (Å²) >= 11 is 0. The van der Waals surface area contributed by atoms with Gasteiger partial charge in [-0.15, -0.1) is 5.10 Å². The van der Waals surface area contributed by atoms with E-state index in [1.807, 2.05) is 16.8 Å². The number of benzene rings is 1. The van der Waals surface area contributed by atoms with Crippen LogP contribution in [0.5, 0.6) is 5.75 Å². The van der Waals surface area contributed by atoms with Crippen molar-refractivity contribution in [3.05, 3.63) is 41.2 Å². The van der Waals surface area contributed by atoms with Crippen molar-refractivity contribution in [3.63, 3.8) is 0 Å². The Morgan fingerprint density at radius 2 is 2.14 bits per heavy atom. The van der Waals surface area contributed by atoms with Gasteiger partial charge < -0.3 is 10.5 Å². The number of ether oxygens (including phenoxy) is 1. The molecule has 5 heteroatoms. The zero-order chi connectivity index (χ0) is 15.1. The number of aryl methyl sites for hydroxylation is 2. The van der Waals surface area contributed by atoms with Gasteiger partial charge in [0.1, 0.15) is 5.75 Å². The van der Waals surface area contributed by atoms with Crippen molar-refractivity contribution >= 4 is 0 Å². The number of nitrogens with two attached hydrogens (primary N) is 1. The molecule has 0 saturated heterocycles. The van der Waals surface area contributed by atoms with Crippen LogP contribution < -0.4 is 10.5 Å². The van der Waals surface area contributed by atoms with Crippen LogP contribution in [0, 0.1) is 6.92 Å². The third kappa shape index (κ3) is 4.29. The van der Waals surface area contributed by atoms with E-state index >= 15 is 0 Å². The van der Waals surface area contributed by atoms with Gasteiger partial charge in [-0.25, -0.2) is 4.68 Å². The smallest absolute Gasteiger partial charge is 0.119 e. The molecule has 2 N–H and O–H groups in total. The van der Waals surface area contributed by atoms with Crippen LogP contribution in [0.3, 0.4) is 0 Å². The average Bonchev–Trinajstić information content (AvgIpc) is 2.89. The van der Waals surface area contributed by atoms with E-state index in [2.05, 4.69) is 36.3 Å². The van der Waals surface area contributed by atoms with Crippen LogP contribution in [0.25, 0.3) is 0 Å². The minimum atomic E-state index is 0.458. The Kier molecular flexibility index (Phi) is 5.75. The fourth-order valence-electron chi connectivity index (χ4n) is 2.35. The van der Waals surface area contributed by atoms with E-state index in [9.17, 15) is 0 Å². The zero-order valence-corrected chi connectivity index (χ0v) is 12.9. The summed E-state index contributed by atoms with van der Waals surface area (Å²) in [7, 11) is 0. The average molecular weight is 288 g/mol. The van der Waals surface area contributed by atoms with Crippen LogP contribution in [0.1, 0.15) is 36.7 Å². The maximum absolute atomic E-state index is 5.74. The molecule has 0 aliphatic carbocycles. The number of unbranched alkanes of at least 4 members (excludes halogenated alkanes) is 1. The standard InChI is InChI=1S/C16H24N4O/c1-3-16-15(12-17)18-19-20(16)9-4-5-10-21-14-8-6-7-13(2)11-14/h6-8,11H,3-5,9-10,12,17H2,1-2H3. The molecule has 0 saturated carbocycles. The molecule has 1 aromatic heterocycles. The Labute approximate surface area is 126 Å². The predicted molar refractivity (Wildman–Crippen MR) is 83.2 cm³/mol. The summed E-state index contributed by atoms with van der Waals surface area (Å²) in [6, 6.07) is 8.13. The molecule has 21 heavy (non-hydrogen) atoms. The second-order valence-corrected chi connectivity index (χ2v) is 5.14. The quantitative estimate of drug-likeness (QED) is 0.758. The Bertz CT molecular complexity index is 565. The first-order valence-corrected chi connectivity index (χ1v) is 7.55. The summed E-state index contributed by atoms with van der Waals surface area (Å²) in [5, 5.41) is 8.29. The topological polar surface area (TPSA) is 66.0 Å². The fraction of sp³-hybridized carbons (Fsp3) is 0.500. The molecule has 114 valence electrons. The van der Waals surface area contributed by atoms with Crippen molar-refractivity contribution in [2.24, 2.45) is 5.73 Å². The van der Waals surface area contributed by atoms with Crippen LogP contribution in [-0.4, -0.2) is 21.6 Å². The van der Waals surface area contributed by atoms with Crippen molar-refractivity contribution in [2.75, 3.05) is 6.61 Å². The van der Waals surface area contributed by atoms with Crippen LogP contribution in [0.2, 0.25) is 0 Å². The first kappa shape index (κ1) is 15.5. The van der Waals surface area contributed by atoms with E-state index in [0.717, 1.165) is 49.6 Å². The van der Waals surface area contributed by atoms with Crippen molar-refractivity contribution in [2.45, 2.75) is 46.2 Å². The first-order valence-electron chi connectivity index (χ1n) is 7.55. The summed E-state index contributed by atoms with van der Waals surface area (Å²) < 4.78 is 7.71. The highest BCUT2D eigenvalue weighted by molar-refractivity contribution is 5.27. The van der Waals surface area contributed by atoms with Crippen LogP contribution in [-0.2, 0) is 19.5 Å². The van der Waals surface area contributed by atoms with E-state index in [-0.39, 0.29) is 0 Å². The van der Waals surface area contributed by atoms with E-state index in [4.69, 9.17) is 10.5 Å². The second-order valence-electron chi connectivity index (χ2n) is 5.14. The van der Waals surface area contributed by atoms with Gasteiger partial charge in [0.2, 0.25) is 0 Å². The van der Waals surface area contributed by atoms with Gasteiger partial charge in [0, 0.05) is 13.1 Å². The van der Waals surface area contributed by atoms with Crippen LogP contribution in [0.15, 0.2) is 24.3 Å². The predicted octanol–water partition coefficient (Wildman–Crippen LogP) is 2.47. The lowest BCUT2D eigenvalue weighted by Gasteiger charge is -2.08. The third-order valence-electron chi connectivity index (χ3n) is 3.47. The summed E-state index contributed by atoms with van der Waals surface area (Å²) in [6.45, 7) is 6.23. The van der Waals surface area contributed by atoms with Crippen molar-refractivity contribution in [1.29, 1.82) is 0 Å². The number of nitrogens with zero attached hydrogens (tertiary/aromatic N) is 3. The number of aromatic nitrogens is 3. The molecule has 0 spiro atoms. The summed E-state index contributed by atoms with van der Waals surface area (Å²) in [5.41, 5.74) is 8.94. The molecule has 0 atom stereocenters. The fourth-order valence-corrected chi connectivity index (χ4v) is 2.35. The van der Waals surface area contributed by atoms with Crippen molar-refractivity contribution in [1.82, 2.24) is 15.0 Å². The van der Waals surface area contributed by atoms with Gasteiger partial charge in [0.15, 0.2) is 0 Å². The van der Waals surface area contributed by atoms with Gasteiger partial charge in [-0.05, 0) is 43.9 Å². The van der Waals surface area contributed by atoms with Gasteiger partial charge in [0.25, 0.3) is 0 Å². The molecular formula is C16H24N4O. The lowest BCUT2D eigenvalue weighted by Crippen LogP contribution is -2.08. The normalized spacial score (nSPS) is 10.8. The van der Waals surface area contributed by atoms with Gasteiger partial charge in [-0.1, -0.05) is 24.3 Å². The Balaban J connectivity index is 1.74. The molecule has 0 fully saturated rings. The first-order chi connectivity index (χ1) is 10.2. The molecule has 0 unspecified atom stereocenters. The summed E-state index contributed by atoms with van der Waals surface area (Å²) in [5.74, 6) is 0.940. The molecule has 0 amide bonds. The molecule has 5 nitrogen and oxygen atoms in total. The summed E-state index contributed by atoms with van der Waals surface area (Å²) in [6.07, 6.45) is 2.93. The second kappa shape index (κ2) is 7.78. The summed E-state index contributed by atoms with van der Waals surface area (Å²) in [4.78, 5) is 0. The molecule has 2 rings (SSSR count). The highest BCUT2D eigenvalue weighted by Crippen LogP contribution is 2.13. The lowest BCUT2D eigenvalue weighted by molar-refractivity contribution is 0.301. The Morgan fingerprint density at radius 1 is 1.29 bits per heavy atom. The van der Waals surface area contributed by atoms with Gasteiger partial charge in [0.05, 0.1) is 18.0 Å². The van der Waals surface area contributed by atoms with Crippen LogP contribution >= 0.6 is 0 Å².